The first-order valence-corrected chi connectivity index (χ1v) is 3.77. The SMILES string of the molecule is OB(O)c1cnn2c1COCC2. The molecule has 6 heteroatoms. The number of ether oxygens (including phenoxy) is 1. The molecule has 64 valence electrons. The molecule has 0 unspecified atom stereocenters. The van der Waals surface area contributed by atoms with Crippen molar-refractivity contribution in [2.45, 2.75) is 13.2 Å². The number of hydrogen-bond acceptors (Lipinski definition) is 4. The van der Waals surface area contributed by atoms with Crippen molar-refractivity contribution in [1.82, 2.24) is 9.78 Å². The molecule has 12 heavy (non-hydrogen) atoms. The van der Waals surface area contributed by atoms with Gasteiger partial charge in [0, 0.05) is 11.7 Å². The van der Waals surface area contributed by atoms with Crippen LogP contribution in [0.2, 0.25) is 0 Å². The van der Waals surface area contributed by atoms with Crippen LogP contribution < -0.4 is 5.46 Å². The number of rotatable bonds is 1. The summed E-state index contributed by atoms with van der Waals surface area (Å²) in [4.78, 5) is 0. The van der Waals surface area contributed by atoms with Crippen LogP contribution >= 0.6 is 0 Å². The highest BCUT2D eigenvalue weighted by atomic mass is 16.5. The molecule has 1 aromatic rings. The highest BCUT2D eigenvalue weighted by Gasteiger charge is 2.22. The highest BCUT2D eigenvalue weighted by molar-refractivity contribution is 6.59. The molecule has 1 aromatic heterocycles. The third kappa shape index (κ3) is 1.14. The molecule has 2 N–H and O–H groups in total. The van der Waals surface area contributed by atoms with Crippen molar-refractivity contribution >= 4 is 12.6 Å². The van der Waals surface area contributed by atoms with Crippen LogP contribution in [0.15, 0.2) is 6.20 Å². The zero-order valence-electron chi connectivity index (χ0n) is 6.47. The summed E-state index contributed by atoms with van der Waals surface area (Å²) in [5.41, 5.74) is 1.20. The van der Waals surface area contributed by atoms with E-state index in [1.807, 2.05) is 0 Å². The van der Waals surface area contributed by atoms with Gasteiger partial charge in [-0.3, -0.25) is 4.68 Å². The van der Waals surface area contributed by atoms with Gasteiger partial charge in [-0.2, -0.15) is 5.10 Å². The minimum absolute atomic E-state index is 0.410. The van der Waals surface area contributed by atoms with Crippen LogP contribution in [0.25, 0.3) is 0 Å². The topological polar surface area (TPSA) is 67.5 Å². The van der Waals surface area contributed by atoms with E-state index in [2.05, 4.69) is 5.10 Å². The van der Waals surface area contributed by atoms with E-state index in [0.29, 0.717) is 25.2 Å². The normalized spacial score (nSPS) is 15.8. The Morgan fingerprint density at radius 1 is 1.58 bits per heavy atom. The van der Waals surface area contributed by atoms with Gasteiger partial charge in [0.05, 0.1) is 25.5 Å². The molecule has 0 aliphatic carbocycles. The van der Waals surface area contributed by atoms with Gasteiger partial charge in [0.15, 0.2) is 0 Å². The molecule has 2 heterocycles. The average Bonchev–Trinajstić information content (AvgIpc) is 2.47. The van der Waals surface area contributed by atoms with Crippen molar-refractivity contribution in [3.63, 3.8) is 0 Å². The number of aromatic nitrogens is 2. The fraction of sp³-hybridized carbons (Fsp3) is 0.500. The molecule has 0 saturated carbocycles. The monoisotopic (exact) mass is 168 g/mol. The van der Waals surface area contributed by atoms with E-state index in [1.165, 1.54) is 6.20 Å². The molecule has 1 aliphatic rings. The second-order valence-corrected chi connectivity index (χ2v) is 2.70. The minimum Gasteiger partial charge on any atom is -0.423 e. The molecule has 0 radical (unpaired) electrons. The van der Waals surface area contributed by atoms with Crippen LogP contribution in [0.3, 0.4) is 0 Å². The van der Waals surface area contributed by atoms with Gasteiger partial charge in [0.1, 0.15) is 0 Å². The van der Waals surface area contributed by atoms with Crippen molar-refractivity contribution < 1.29 is 14.8 Å². The van der Waals surface area contributed by atoms with Crippen LogP contribution in [0.4, 0.5) is 0 Å². The first-order chi connectivity index (χ1) is 5.79. The minimum atomic E-state index is -1.45. The summed E-state index contributed by atoms with van der Waals surface area (Å²) < 4.78 is 6.90. The lowest BCUT2D eigenvalue weighted by molar-refractivity contribution is 0.0805. The predicted octanol–water partition coefficient (Wildman–Crippen LogP) is -1.91. The largest absolute Gasteiger partial charge is 0.492 e. The van der Waals surface area contributed by atoms with Crippen LogP contribution in [0.5, 0.6) is 0 Å². The van der Waals surface area contributed by atoms with Crippen molar-refractivity contribution in [3.05, 3.63) is 11.9 Å². The second kappa shape index (κ2) is 2.89. The molecule has 0 aromatic carbocycles. The van der Waals surface area contributed by atoms with E-state index in [-0.39, 0.29) is 0 Å². The maximum absolute atomic E-state index is 8.92. The lowest BCUT2D eigenvalue weighted by Crippen LogP contribution is -2.34. The molecule has 1 aliphatic heterocycles. The first-order valence-electron chi connectivity index (χ1n) is 3.77. The maximum atomic E-state index is 8.92. The van der Waals surface area contributed by atoms with Crippen LogP contribution in [-0.4, -0.2) is 33.6 Å². The molecular formula is C6H9BN2O3. The Balaban J connectivity index is 2.38. The van der Waals surface area contributed by atoms with Gasteiger partial charge >= 0.3 is 7.12 Å². The number of fused-ring (bicyclic) bond motifs is 1. The zero-order chi connectivity index (χ0) is 8.55. The number of nitrogens with zero attached hydrogens (tertiary/aromatic N) is 2. The molecule has 0 amide bonds. The van der Waals surface area contributed by atoms with Gasteiger partial charge in [-0.1, -0.05) is 0 Å². The summed E-state index contributed by atoms with van der Waals surface area (Å²) in [5.74, 6) is 0. The Morgan fingerprint density at radius 3 is 3.17 bits per heavy atom. The van der Waals surface area contributed by atoms with Crippen molar-refractivity contribution in [3.8, 4) is 0 Å². The molecule has 0 bridgehead atoms. The van der Waals surface area contributed by atoms with E-state index in [9.17, 15) is 0 Å². The summed E-state index contributed by atoms with van der Waals surface area (Å²) in [7, 11) is -1.45. The molecule has 0 fully saturated rings. The lowest BCUT2D eigenvalue weighted by atomic mass is 9.80. The zero-order valence-corrected chi connectivity index (χ0v) is 6.47. The summed E-state index contributed by atoms with van der Waals surface area (Å²) in [5, 5.41) is 21.8. The summed E-state index contributed by atoms with van der Waals surface area (Å²) >= 11 is 0. The standard InChI is InChI=1S/C6H9BN2O3/c10-7(11)5-3-8-9-1-2-12-4-6(5)9/h3,10-11H,1-2,4H2. The van der Waals surface area contributed by atoms with Gasteiger partial charge < -0.3 is 14.8 Å². The van der Waals surface area contributed by atoms with Crippen molar-refractivity contribution in [2.75, 3.05) is 6.61 Å². The second-order valence-electron chi connectivity index (χ2n) is 2.70. The maximum Gasteiger partial charge on any atom is 0.492 e. The smallest absolute Gasteiger partial charge is 0.423 e. The molecule has 0 atom stereocenters. The predicted molar refractivity (Wildman–Crippen MR) is 41.7 cm³/mol. The van der Waals surface area contributed by atoms with Crippen molar-refractivity contribution in [2.24, 2.45) is 0 Å². The molecule has 5 nitrogen and oxygen atoms in total. The van der Waals surface area contributed by atoms with E-state index in [4.69, 9.17) is 14.8 Å². The van der Waals surface area contributed by atoms with Crippen LogP contribution in [0.1, 0.15) is 5.69 Å². The Hall–Kier alpha value is -0.845. The van der Waals surface area contributed by atoms with E-state index in [0.717, 1.165) is 5.69 Å². The third-order valence-corrected chi connectivity index (χ3v) is 1.95. The van der Waals surface area contributed by atoms with Gasteiger partial charge in [0.2, 0.25) is 0 Å². The fourth-order valence-corrected chi connectivity index (χ4v) is 1.31. The van der Waals surface area contributed by atoms with Crippen LogP contribution in [-0.2, 0) is 17.9 Å². The average molecular weight is 168 g/mol. The van der Waals surface area contributed by atoms with Crippen molar-refractivity contribution in [1.29, 1.82) is 0 Å². The van der Waals surface area contributed by atoms with E-state index in [1.54, 1.807) is 4.68 Å². The summed E-state index contributed by atoms with van der Waals surface area (Å²) in [6, 6.07) is 0. The van der Waals surface area contributed by atoms with Gasteiger partial charge in [0.25, 0.3) is 0 Å². The molecule has 2 rings (SSSR count). The Morgan fingerprint density at radius 2 is 2.42 bits per heavy atom. The quantitative estimate of drug-likeness (QED) is 0.480. The third-order valence-electron chi connectivity index (χ3n) is 1.95. The molecular weight excluding hydrogens is 159 g/mol. The van der Waals surface area contributed by atoms with Gasteiger partial charge in [-0.05, 0) is 0 Å². The van der Waals surface area contributed by atoms with E-state index < -0.39 is 7.12 Å². The van der Waals surface area contributed by atoms with Crippen LogP contribution in [0, 0.1) is 0 Å². The summed E-state index contributed by atoms with van der Waals surface area (Å²) in [6.07, 6.45) is 1.47. The molecule has 0 spiro atoms. The highest BCUT2D eigenvalue weighted by Crippen LogP contribution is 2.05. The first kappa shape index (κ1) is 7.79. The Labute approximate surface area is 69.7 Å². The Bertz CT molecular complexity index is 286. The number of hydrogen-bond donors (Lipinski definition) is 2. The lowest BCUT2D eigenvalue weighted by Gasteiger charge is -2.15. The Kier molecular flexibility index (Phi) is 1.88. The fourth-order valence-electron chi connectivity index (χ4n) is 1.31. The molecule has 0 saturated heterocycles. The van der Waals surface area contributed by atoms with Gasteiger partial charge in [-0.15, -0.1) is 0 Å². The van der Waals surface area contributed by atoms with Gasteiger partial charge in [-0.25, -0.2) is 0 Å². The summed E-state index contributed by atoms with van der Waals surface area (Å²) in [6.45, 7) is 1.73. The van der Waals surface area contributed by atoms with E-state index >= 15 is 0 Å².